The molecular formula is C20H19FN4O3. The number of likely N-dealkylation sites (N-methyl/N-ethyl adjacent to an activating group) is 1. The standard InChI is InChI=1S/C20H19FN4O3/c1-3-24-8-9-25-16-6-4-12(10-15(16)23-18(25)20(24)27)19(26)22-13-5-7-17(28-2)14(21)11-13/h4-7,10-11H,3,8-9H2,1-2H3,(H,22,26). The largest absolute Gasteiger partial charge is 0.494 e. The fourth-order valence-electron chi connectivity index (χ4n) is 3.37. The number of nitrogens with zero attached hydrogens (tertiary/aromatic N) is 3. The van der Waals surface area contributed by atoms with E-state index in [1.807, 2.05) is 11.5 Å². The lowest BCUT2D eigenvalue weighted by Gasteiger charge is -2.26. The molecule has 3 aromatic rings. The molecule has 1 aliphatic rings. The number of nitrogens with one attached hydrogen (secondary N) is 1. The molecule has 0 saturated heterocycles. The number of ether oxygens (including phenoxy) is 1. The second kappa shape index (κ2) is 6.95. The molecule has 8 heteroatoms. The number of anilines is 1. The highest BCUT2D eigenvalue weighted by molar-refractivity contribution is 6.06. The number of halogens is 1. The Hall–Kier alpha value is -3.42. The van der Waals surface area contributed by atoms with E-state index < -0.39 is 5.82 Å². The van der Waals surface area contributed by atoms with E-state index in [0.29, 0.717) is 42.2 Å². The number of imidazole rings is 1. The molecular weight excluding hydrogens is 363 g/mol. The predicted molar refractivity (Wildman–Crippen MR) is 102 cm³/mol. The number of rotatable bonds is 4. The monoisotopic (exact) mass is 382 g/mol. The molecule has 28 heavy (non-hydrogen) atoms. The van der Waals surface area contributed by atoms with Crippen LogP contribution in [0.4, 0.5) is 10.1 Å². The summed E-state index contributed by atoms with van der Waals surface area (Å²) in [7, 11) is 1.38. The van der Waals surface area contributed by atoms with Gasteiger partial charge in [-0.2, -0.15) is 0 Å². The van der Waals surface area contributed by atoms with Gasteiger partial charge >= 0.3 is 0 Å². The highest BCUT2D eigenvalue weighted by Gasteiger charge is 2.27. The van der Waals surface area contributed by atoms with Gasteiger partial charge in [-0.25, -0.2) is 9.37 Å². The quantitative estimate of drug-likeness (QED) is 0.753. The van der Waals surface area contributed by atoms with Crippen LogP contribution in [0.25, 0.3) is 11.0 Å². The Morgan fingerprint density at radius 1 is 1.25 bits per heavy atom. The molecule has 0 spiro atoms. The number of hydrogen-bond acceptors (Lipinski definition) is 4. The summed E-state index contributed by atoms with van der Waals surface area (Å²) in [6.07, 6.45) is 0. The summed E-state index contributed by atoms with van der Waals surface area (Å²) in [6, 6.07) is 9.30. The zero-order valence-corrected chi connectivity index (χ0v) is 15.5. The van der Waals surface area contributed by atoms with Gasteiger partial charge in [0.15, 0.2) is 17.4 Å². The van der Waals surface area contributed by atoms with Gasteiger partial charge in [0.2, 0.25) is 0 Å². The van der Waals surface area contributed by atoms with Crippen LogP contribution in [0, 0.1) is 5.82 Å². The van der Waals surface area contributed by atoms with Crippen LogP contribution in [0.3, 0.4) is 0 Å². The first-order valence-electron chi connectivity index (χ1n) is 8.96. The Kier molecular flexibility index (Phi) is 4.46. The first kappa shape index (κ1) is 18.0. The number of aromatic nitrogens is 2. The Balaban J connectivity index is 1.62. The summed E-state index contributed by atoms with van der Waals surface area (Å²) in [4.78, 5) is 31.2. The van der Waals surface area contributed by atoms with Gasteiger partial charge in [0.25, 0.3) is 11.8 Å². The van der Waals surface area contributed by atoms with Crippen molar-refractivity contribution in [2.75, 3.05) is 25.5 Å². The van der Waals surface area contributed by atoms with E-state index in [-0.39, 0.29) is 17.6 Å². The molecule has 0 fully saturated rings. The van der Waals surface area contributed by atoms with Crippen LogP contribution < -0.4 is 10.1 Å². The van der Waals surface area contributed by atoms with E-state index in [1.165, 1.54) is 19.2 Å². The molecule has 7 nitrogen and oxygen atoms in total. The zero-order chi connectivity index (χ0) is 19.8. The van der Waals surface area contributed by atoms with Crippen LogP contribution in [0.1, 0.15) is 27.9 Å². The lowest BCUT2D eigenvalue weighted by atomic mass is 10.1. The molecule has 0 radical (unpaired) electrons. The molecule has 0 bridgehead atoms. The van der Waals surface area contributed by atoms with Crippen LogP contribution in [0.5, 0.6) is 5.75 Å². The molecule has 0 unspecified atom stereocenters. The maximum absolute atomic E-state index is 13.8. The van der Waals surface area contributed by atoms with Crippen molar-refractivity contribution in [1.29, 1.82) is 0 Å². The zero-order valence-electron chi connectivity index (χ0n) is 15.5. The van der Waals surface area contributed by atoms with Gasteiger partial charge in [-0.3, -0.25) is 9.59 Å². The number of fused-ring (bicyclic) bond motifs is 3. The predicted octanol–water partition coefficient (Wildman–Crippen LogP) is 2.91. The molecule has 4 rings (SSSR count). The van der Waals surface area contributed by atoms with E-state index in [9.17, 15) is 14.0 Å². The molecule has 0 saturated carbocycles. The van der Waals surface area contributed by atoms with Crippen LogP contribution in [0.15, 0.2) is 36.4 Å². The molecule has 1 aromatic heterocycles. The number of hydrogen-bond donors (Lipinski definition) is 1. The minimum absolute atomic E-state index is 0.105. The smallest absolute Gasteiger partial charge is 0.289 e. The highest BCUT2D eigenvalue weighted by Crippen LogP contribution is 2.24. The molecule has 1 aliphatic heterocycles. The summed E-state index contributed by atoms with van der Waals surface area (Å²) in [5, 5.41) is 2.66. The first-order valence-corrected chi connectivity index (χ1v) is 8.96. The number of benzene rings is 2. The minimum atomic E-state index is -0.559. The van der Waals surface area contributed by atoms with Gasteiger partial charge in [-0.15, -0.1) is 0 Å². The average molecular weight is 382 g/mol. The number of methoxy groups -OCH3 is 1. The minimum Gasteiger partial charge on any atom is -0.494 e. The Morgan fingerprint density at radius 3 is 2.79 bits per heavy atom. The summed E-state index contributed by atoms with van der Waals surface area (Å²) >= 11 is 0. The summed E-state index contributed by atoms with van der Waals surface area (Å²) in [6.45, 7) is 3.87. The van der Waals surface area contributed by atoms with Crippen molar-refractivity contribution in [1.82, 2.24) is 14.5 Å². The second-order valence-corrected chi connectivity index (χ2v) is 6.48. The molecule has 2 amide bonds. The van der Waals surface area contributed by atoms with Crippen molar-refractivity contribution < 1.29 is 18.7 Å². The van der Waals surface area contributed by atoms with Gasteiger partial charge in [0, 0.05) is 37.0 Å². The van der Waals surface area contributed by atoms with Crippen molar-refractivity contribution in [3.8, 4) is 5.75 Å². The van der Waals surface area contributed by atoms with Crippen molar-refractivity contribution >= 4 is 28.5 Å². The lowest BCUT2D eigenvalue weighted by molar-refractivity contribution is 0.0709. The molecule has 0 atom stereocenters. The van der Waals surface area contributed by atoms with Crippen LogP contribution >= 0.6 is 0 Å². The molecule has 1 N–H and O–H groups in total. The van der Waals surface area contributed by atoms with Gasteiger partial charge in [0.05, 0.1) is 18.1 Å². The normalized spacial score (nSPS) is 13.5. The van der Waals surface area contributed by atoms with Gasteiger partial charge in [0.1, 0.15) is 0 Å². The van der Waals surface area contributed by atoms with Crippen molar-refractivity contribution in [2.45, 2.75) is 13.5 Å². The van der Waals surface area contributed by atoms with Gasteiger partial charge in [-0.1, -0.05) is 0 Å². The summed E-state index contributed by atoms with van der Waals surface area (Å²) in [5.74, 6) is -0.563. The summed E-state index contributed by atoms with van der Waals surface area (Å²) in [5.41, 5.74) is 2.08. The Labute approximate surface area is 160 Å². The van der Waals surface area contributed by atoms with Gasteiger partial charge < -0.3 is 19.5 Å². The van der Waals surface area contributed by atoms with E-state index in [4.69, 9.17) is 4.74 Å². The van der Waals surface area contributed by atoms with E-state index in [0.717, 1.165) is 5.52 Å². The topological polar surface area (TPSA) is 76.5 Å². The van der Waals surface area contributed by atoms with E-state index in [1.54, 1.807) is 29.2 Å². The third kappa shape index (κ3) is 2.96. The Bertz CT molecular complexity index is 1090. The highest BCUT2D eigenvalue weighted by atomic mass is 19.1. The van der Waals surface area contributed by atoms with Crippen LogP contribution in [-0.2, 0) is 6.54 Å². The van der Waals surface area contributed by atoms with E-state index >= 15 is 0 Å². The van der Waals surface area contributed by atoms with Crippen molar-refractivity contribution in [2.24, 2.45) is 0 Å². The molecule has 2 aromatic carbocycles. The van der Waals surface area contributed by atoms with Crippen molar-refractivity contribution in [3.05, 3.63) is 53.6 Å². The second-order valence-electron chi connectivity index (χ2n) is 6.48. The Morgan fingerprint density at radius 2 is 2.07 bits per heavy atom. The molecule has 2 heterocycles. The van der Waals surface area contributed by atoms with E-state index in [2.05, 4.69) is 10.3 Å². The lowest BCUT2D eigenvalue weighted by Crippen LogP contribution is -2.40. The van der Waals surface area contributed by atoms with Gasteiger partial charge in [-0.05, 0) is 37.3 Å². The maximum Gasteiger partial charge on any atom is 0.289 e. The summed E-state index contributed by atoms with van der Waals surface area (Å²) < 4.78 is 20.6. The SMILES string of the molecule is CCN1CCn2c(nc3cc(C(=O)Nc4ccc(OC)c(F)c4)ccc32)C1=O. The fraction of sp³-hybridized carbons (Fsp3) is 0.250. The fourth-order valence-corrected chi connectivity index (χ4v) is 3.37. The number of carbonyl (C=O) groups excluding carboxylic acids is 2. The average Bonchev–Trinajstić information content (AvgIpc) is 3.07. The maximum atomic E-state index is 13.8. The molecule has 144 valence electrons. The van der Waals surface area contributed by atoms with Crippen LogP contribution in [-0.4, -0.2) is 46.5 Å². The molecule has 0 aliphatic carbocycles. The van der Waals surface area contributed by atoms with Crippen molar-refractivity contribution in [3.63, 3.8) is 0 Å². The van der Waals surface area contributed by atoms with Crippen LogP contribution in [0.2, 0.25) is 0 Å². The number of carbonyl (C=O) groups is 2. The third-order valence-corrected chi connectivity index (χ3v) is 4.87. The third-order valence-electron chi connectivity index (χ3n) is 4.87. The number of amides is 2. The first-order chi connectivity index (χ1) is 13.5.